The number of aromatic nitrogens is 1. The molecular weight excluding hydrogens is 274 g/mol. The molecule has 2 rings (SSSR count). The fourth-order valence-electron chi connectivity index (χ4n) is 1.87. The molecule has 20 heavy (non-hydrogen) atoms. The number of hydrazine groups is 1. The smallest absolute Gasteiger partial charge is 0.0874 e. The summed E-state index contributed by atoms with van der Waals surface area (Å²) >= 11 is 1.79. The van der Waals surface area contributed by atoms with Gasteiger partial charge in [0, 0.05) is 25.0 Å². The van der Waals surface area contributed by atoms with Crippen molar-refractivity contribution in [1.29, 1.82) is 0 Å². The van der Waals surface area contributed by atoms with E-state index in [2.05, 4.69) is 15.4 Å². The molecule has 0 spiro atoms. The summed E-state index contributed by atoms with van der Waals surface area (Å²) in [5, 5.41) is 1.52. The zero-order valence-corrected chi connectivity index (χ0v) is 12.3. The molecular formula is C13H21N5OS. The second-order valence-corrected chi connectivity index (χ2v) is 5.47. The molecule has 0 bridgehead atoms. The SMILES string of the molecule is NCN(N)/C(=C\CN1CCOCCS1)c1ccccn1. The number of nitrogens with zero attached hydrogens (tertiary/aromatic N) is 3. The molecule has 1 fully saturated rings. The van der Waals surface area contributed by atoms with Crippen LogP contribution in [0.4, 0.5) is 0 Å². The normalized spacial score (nSPS) is 17.8. The largest absolute Gasteiger partial charge is 0.379 e. The van der Waals surface area contributed by atoms with Gasteiger partial charge in [-0.3, -0.25) is 9.99 Å². The summed E-state index contributed by atoms with van der Waals surface area (Å²) < 4.78 is 7.70. The summed E-state index contributed by atoms with van der Waals surface area (Å²) in [5.74, 6) is 6.93. The first-order valence-corrected chi connectivity index (χ1v) is 7.55. The highest BCUT2D eigenvalue weighted by Gasteiger charge is 2.11. The van der Waals surface area contributed by atoms with Crippen LogP contribution in [-0.2, 0) is 4.74 Å². The van der Waals surface area contributed by atoms with Crippen molar-refractivity contribution in [3.05, 3.63) is 36.2 Å². The Kier molecular flexibility index (Phi) is 6.28. The lowest BCUT2D eigenvalue weighted by molar-refractivity contribution is 0.148. The molecule has 4 N–H and O–H groups in total. The number of rotatable bonds is 5. The van der Waals surface area contributed by atoms with E-state index < -0.39 is 0 Å². The molecule has 0 aliphatic carbocycles. The summed E-state index contributed by atoms with van der Waals surface area (Å²) in [6, 6.07) is 5.75. The topological polar surface area (TPSA) is 80.6 Å². The summed E-state index contributed by atoms with van der Waals surface area (Å²) in [4.78, 5) is 4.33. The minimum atomic E-state index is 0.249. The zero-order valence-electron chi connectivity index (χ0n) is 11.4. The van der Waals surface area contributed by atoms with E-state index in [0.717, 1.165) is 43.4 Å². The van der Waals surface area contributed by atoms with Gasteiger partial charge in [-0.05, 0) is 18.2 Å². The molecule has 2 heterocycles. The minimum absolute atomic E-state index is 0.249. The Labute approximate surface area is 123 Å². The van der Waals surface area contributed by atoms with Crippen LogP contribution in [0.1, 0.15) is 5.69 Å². The molecule has 1 aromatic rings. The Morgan fingerprint density at radius 1 is 1.50 bits per heavy atom. The van der Waals surface area contributed by atoms with E-state index in [0.29, 0.717) is 0 Å². The van der Waals surface area contributed by atoms with E-state index in [1.807, 2.05) is 18.2 Å². The maximum Gasteiger partial charge on any atom is 0.0874 e. The molecule has 0 aromatic carbocycles. The van der Waals surface area contributed by atoms with Crippen LogP contribution >= 0.6 is 11.9 Å². The van der Waals surface area contributed by atoms with E-state index >= 15 is 0 Å². The van der Waals surface area contributed by atoms with Crippen LogP contribution < -0.4 is 11.6 Å². The predicted octanol–water partition coefficient (Wildman–Crippen LogP) is 0.495. The Balaban J connectivity index is 2.08. The van der Waals surface area contributed by atoms with Crippen molar-refractivity contribution in [3.63, 3.8) is 0 Å². The van der Waals surface area contributed by atoms with E-state index in [1.165, 1.54) is 5.01 Å². The molecule has 6 nitrogen and oxygen atoms in total. The fourth-order valence-corrected chi connectivity index (χ4v) is 2.71. The van der Waals surface area contributed by atoms with Crippen molar-refractivity contribution in [3.8, 4) is 0 Å². The Hall–Kier alpha value is -1.12. The zero-order chi connectivity index (χ0) is 14.2. The summed E-state index contributed by atoms with van der Waals surface area (Å²) in [6.07, 6.45) is 3.82. The van der Waals surface area contributed by atoms with Crippen molar-refractivity contribution in [2.45, 2.75) is 0 Å². The average molecular weight is 295 g/mol. The molecule has 0 saturated carbocycles. The number of hydrogen-bond donors (Lipinski definition) is 2. The third-order valence-electron chi connectivity index (χ3n) is 2.91. The molecule has 0 unspecified atom stereocenters. The lowest BCUT2D eigenvalue weighted by Gasteiger charge is -2.21. The Morgan fingerprint density at radius 2 is 2.40 bits per heavy atom. The molecule has 0 atom stereocenters. The molecule has 0 amide bonds. The van der Waals surface area contributed by atoms with Gasteiger partial charge in [-0.25, -0.2) is 10.1 Å². The van der Waals surface area contributed by atoms with Gasteiger partial charge in [0.25, 0.3) is 0 Å². The fraction of sp³-hybridized carbons (Fsp3) is 0.462. The van der Waals surface area contributed by atoms with Gasteiger partial charge in [-0.15, -0.1) is 0 Å². The van der Waals surface area contributed by atoms with E-state index in [-0.39, 0.29) is 6.67 Å². The van der Waals surface area contributed by atoms with Crippen LogP contribution in [0.25, 0.3) is 5.70 Å². The second kappa shape index (κ2) is 8.23. The van der Waals surface area contributed by atoms with Gasteiger partial charge in [0.1, 0.15) is 0 Å². The van der Waals surface area contributed by atoms with Crippen LogP contribution in [0.5, 0.6) is 0 Å². The number of hydrogen-bond acceptors (Lipinski definition) is 7. The number of nitrogens with two attached hydrogens (primary N) is 2. The highest BCUT2D eigenvalue weighted by molar-refractivity contribution is 7.97. The Bertz CT molecular complexity index is 420. The van der Waals surface area contributed by atoms with Crippen molar-refractivity contribution >= 4 is 17.6 Å². The third kappa shape index (κ3) is 4.46. The van der Waals surface area contributed by atoms with Gasteiger partial charge in [-0.2, -0.15) is 0 Å². The first-order chi connectivity index (χ1) is 9.81. The van der Waals surface area contributed by atoms with Crippen molar-refractivity contribution in [1.82, 2.24) is 14.3 Å². The maximum atomic E-state index is 5.95. The molecule has 1 aliphatic heterocycles. The quantitative estimate of drug-likeness (QED) is 0.354. The van der Waals surface area contributed by atoms with E-state index in [9.17, 15) is 0 Å². The van der Waals surface area contributed by atoms with E-state index in [1.54, 1.807) is 18.1 Å². The number of ether oxygens (including phenoxy) is 1. The highest BCUT2D eigenvalue weighted by atomic mass is 32.2. The maximum absolute atomic E-state index is 5.95. The van der Waals surface area contributed by atoms with Crippen LogP contribution in [0, 0.1) is 0 Å². The lowest BCUT2D eigenvalue weighted by Crippen LogP contribution is -2.35. The molecule has 0 radical (unpaired) electrons. The molecule has 110 valence electrons. The third-order valence-corrected chi connectivity index (χ3v) is 3.95. The minimum Gasteiger partial charge on any atom is -0.379 e. The molecule has 1 saturated heterocycles. The number of pyridine rings is 1. The van der Waals surface area contributed by atoms with Gasteiger partial charge in [0.2, 0.25) is 0 Å². The van der Waals surface area contributed by atoms with Crippen molar-refractivity contribution in [2.75, 3.05) is 38.7 Å². The van der Waals surface area contributed by atoms with Crippen LogP contribution in [-0.4, -0.2) is 53.0 Å². The van der Waals surface area contributed by atoms with Crippen LogP contribution in [0.15, 0.2) is 30.5 Å². The second-order valence-electron chi connectivity index (χ2n) is 4.29. The van der Waals surface area contributed by atoms with Gasteiger partial charge in [0.15, 0.2) is 0 Å². The van der Waals surface area contributed by atoms with Gasteiger partial charge < -0.3 is 10.5 Å². The average Bonchev–Trinajstić information content (AvgIpc) is 2.77. The van der Waals surface area contributed by atoms with Crippen molar-refractivity contribution < 1.29 is 4.74 Å². The van der Waals surface area contributed by atoms with Gasteiger partial charge >= 0.3 is 0 Å². The summed E-state index contributed by atoms with van der Waals surface area (Å²) in [7, 11) is 0. The monoisotopic (exact) mass is 295 g/mol. The molecule has 1 aliphatic rings. The van der Waals surface area contributed by atoms with E-state index in [4.69, 9.17) is 16.3 Å². The van der Waals surface area contributed by atoms with Crippen LogP contribution in [0.2, 0.25) is 0 Å². The van der Waals surface area contributed by atoms with Gasteiger partial charge in [0.05, 0.1) is 31.3 Å². The highest BCUT2D eigenvalue weighted by Crippen LogP contribution is 2.16. The standard InChI is InChI=1S/C13H21N5OS/c14-11-18(15)13(12-3-1-2-5-16-12)4-6-17-7-8-19-9-10-20-17/h1-5H,6-11,14-15H2/b13-4-. The Morgan fingerprint density at radius 3 is 3.15 bits per heavy atom. The van der Waals surface area contributed by atoms with Gasteiger partial charge in [-0.1, -0.05) is 18.0 Å². The lowest BCUT2D eigenvalue weighted by atomic mass is 10.2. The summed E-state index contributed by atoms with van der Waals surface area (Å²) in [6.45, 7) is 3.52. The first kappa shape index (κ1) is 15.3. The molecule has 1 aromatic heterocycles. The molecule has 7 heteroatoms. The van der Waals surface area contributed by atoms with Crippen LogP contribution in [0.3, 0.4) is 0 Å². The first-order valence-electron chi connectivity index (χ1n) is 6.60. The predicted molar refractivity (Wildman–Crippen MR) is 82.1 cm³/mol. The summed E-state index contributed by atoms with van der Waals surface area (Å²) in [5.41, 5.74) is 7.31. The van der Waals surface area contributed by atoms with Crippen molar-refractivity contribution in [2.24, 2.45) is 11.6 Å².